The number of benzene rings is 1. The number of allylic oxidation sites excluding steroid dienone is 1. The van der Waals surface area contributed by atoms with E-state index in [1.807, 2.05) is 62.9 Å². The molecule has 7 aliphatic rings. The van der Waals surface area contributed by atoms with Gasteiger partial charge in [0, 0.05) is 18.4 Å². The zero-order chi connectivity index (χ0) is 43.6. The van der Waals surface area contributed by atoms with Gasteiger partial charge in [0.25, 0.3) is 0 Å². The number of carbonyl (C=O) groups excluding carboxylic acids is 4. The molecule has 5 saturated carbocycles. The number of fused-ring (bicyclic) bond motifs is 7. The highest BCUT2D eigenvalue weighted by Crippen LogP contribution is 2.77. The molecule has 1 amide bonds. The molecule has 1 heterocycles. The number of aliphatic hydroxyl groups is 1. The van der Waals surface area contributed by atoms with E-state index in [4.69, 9.17) is 9.47 Å². The Hall–Kier alpha value is -3.00. The second kappa shape index (κ2) is 14.5. The van der Waals surface area contributed by atoms with Crippen molar-refractivity contribution in [2.24, 2.45) is 68.0 Å². The van der Waals surface area contributed by atoms with E-state index in [0.29, 0.717) is 31.2 Å². The molecule has 1 aromatic rings. The number of nitrogens with zero attached hydrogens (tertiary/aromatic N) is 1. The van der Waals surface area contributed by atoms with Crippen LogP contribution in [0.4, 0.5) is 0 Å². The van der Waals surface area contributed by atoms with Gasteiger partial charge in [-0.15, -0.1) is 0 Å². The number of rotatable bonds is 8. The van der Waals surface area contributed by atoms with E-state index in [1.54, 1.807) is 0 Å². The number of carbonyl (C=O) groups is 4. The van der Waals surface area contributed by atoms with Gasteiger partial charge in [0.05, 0.1) is 28.9 Å². The van der Waals surface area contributed by atoms with Crippen molar-refractivity contribution < 1.29 is 33.8 Å². The van der Waals surface area contributed by atoms with E-state index in [1.165, 1.54) is 5.57 Å². The molecule has 11 atom stereocenters. The Labute approximate surface area is 360 Å². The Morgan fingerprint density at radius 2 is 1.50 bits per heavy atom. The Morgan fingerprint density at radius 3 is 2.15 bits per heavy atom. The van der Waals surface area contributed by atoms with Crippen molar-refractivity contribution in [3.05, 3.63) is 47.0 Å². The lowest BCUT2D eigenvalue weighted by atomic mass is 9.33. The summed E-state index contributed by atoms with van der Waals surface area (Å²) in [5, 5.41) is 11.2. The van der Waals surface area contributed by atoms with Gasteiger partial charge in [-0.05, 0) is 147 Å². The largest absolute Gasteiger partial charge is 0.462 e. The van der Waals surface area contributed by atoms with Crippen LogP contribution in [0.25, 0.3) is 0 Å². The smallest absolute Gasteiger partial charge is 0.309 e. The molecule has 6 fully saturated rings. The highest BCUT2D eigenvalue weighted by molar-refractivity contribution is 6.07. The zero-order valence-electron chi connectivity index (χ0n) is 38.7. The first-order valence-corrected chi connectivity index (χ1v) is 23.7. The van der Waals surface area contributed by atoms with Gasteiger partial charge in [-0.1, -0.05) is 92.6 Å². The van der Waals surface area contributed by atoms with Crippen LogP contribution in [0.1, 0.15) is 159 Å². The summed E-state index contributed by atoms with van der Waals surface area (Å²) in [6, 6.07) is 9.47. The molecule has 8 heteroatoms. The van der Waals surface area contributed by atoms with Gasteiger partial charge in [0.2, 0.25) is 5.91 Å². The van der Waals surface area contributed by atoms with Gasteiger partial charge in [-0.25, -0.2) is 0 Å². The average Bonchev–Trinajstić information content (AvgIpc) is 3.79. The van der Waals surface area contributed by atoms with Crippen molar-refractivity contribution in [3.8, 4) is 0 Å². The number of ether oxygens (including phenoxy) is 2. The fourth-order valence-electron chi connectivity index (χ4n) is 15.9. The molecule has 1 aromatic carbocycles. The maximum absolute atomic E-state index is 15.1. The molecule has 6 aliphatic carbocycles. The van der Waals surface area contributed by atoms with Crippen molar-refractivity contribution in [1.29, 1.82) is 0 Å². The standard InChI is InChI=1S/C52H75NO7/c1-31(2)41-36(54)29-52(45(57)53-27-15-18-39(53)48(7,8)58)26-25-50(10)33(42(41)52)19-20-38-49(9)23-22-40(47(5,6)37(49)21-24-51(38,50)11)60-44(56)35-28-34(46(35,3)4)43(55)59-30-32-16-13-12-14-17-32/h12-14,16-17,31,33-35,37-40,58H,15,18-30H2,1-11H3/t33?,34-,35+,37-,38+,39-,40-,49-,50+,51+,52?/m0/s1. The third-order valence-electron chi connectivity index (χ3n) is 19.4. The van der Waals surface area contributed by atoms with Crippen molar-refractivity contribution in [1.82, 2.24) is 4.90 Å². The van der Waals surface area contributed by atoms with Crippen molar-refractivity contribution >= 4 is 23.6 Å². The van der Waals surface area contributed by atoms with Crippen molar-refractivity contribution in [2.45, 2.75) is 178 Å². The number of Topliss-reactive ketones (excluding diaryl/α,β-unsaturated/α-hetero) is 1. The maximum Gasteiger partial charge on any atom is 0.309 e. The van der Waals surface area contributed by atoms with Gasteiger partial charge >= 0.3 is 11.9 Å². The minimum absolute atomic E-state index is 0.0139. The van der Waals surface area contributed by atoms with Crippen LogP contribution in [0.2, 0.25) is 0 Å². The summed E-state index contributed by atoms with van der Waals surface area (Å²) in [5.41, 5.74) is 0.473. The first-order valence-electron chi connectivity index (χ1n) is 23.7. The normalized spacial score (nSPS) is 40.5. The Bertz CT molecular complexity index is 1940. The van der Waals surface area contributed by atoms with Crippen LogP contribution in [0.3, 0.4) is 0 Å². The number of likely N-dealkylation sites (tertiary alicyclic amines) is 1. The Balaban J connectivity index is 1.00. The third kappa shape index (κ3) is 6.26. The zero-order valence-corrected chi connectivity index (χ0v) is 38.7. The van der Waals surface area contributed by atoms with Gasteiger partial charge in [0.1, 0.15) is 12.7 Å². The molecule has 2 unspecified atom stereocenters. The monoisotopic (exact) mass is 826 g/mol. The molecule has 1 aliphatic heterocycles. The predicted octanol–water partition coefficient (Wildman–Crippen LogP) is 10.0. The molecule has 60 heavy (non-hydrogen) atoms. The van der Waals surface area contributed by atoms with Crippen LogP contribution < -0.4 is 0 Å². The van der Waals surface area contributed by atoms with Gasteiger partial charge < -0.3 is 19.5 Å². The van der Waals surface area contributed by atoms with E-state index in [0.717, 1.165) is 68.9 Å². The maximum atomic E-state index is 15.1. The first kappa shape index (κ1) is 43.6. The molecule has 0 radical (unpaired) electrons. The predicted molar refractivity (Wildman–Crippen MR) is 232 cm³/mol. The molecule has 0 aromatic heterocycles. The van der Waals surface area contributed by atoms with Gasteiger partial charge in [-0.3, -0.25) is 19.2 Å². The van der Waals surface area contributed by atoms with E-state index in [2.05, 4.69) is 48.5 Å². The fourth-order valence-corrected chi connectivity index (χ4v) is 15.9. The van der Waals surface area contributed by atoms with Gasteiger partial charge in [-0.2, -0.15) is 0 Å². The molecule has 1 saturated heterocycles. The molecule has 0 spiro atoms. The third-order valence-corrected chi connectivity index (χ3v) is 19.4. The SMILES string of the molecule is CC(C)C1=C2C3CC[C@@H]4[C@@]5(C)CC[C@H](OC(=O)[C@H]6C[C@@H](C(=O)OCc7ccccc7)C6(C)C)C(C)(C)[C@@H]5CC[C@@]4(C)[C@]3(C)CCC2(C(=O)N2CCC[C@H]2C(C)(C)O)CC1=O. The molecule has 8 rings (SSSR count). The number of esters is 2. The topological polar surface area (TPSA) is 110 Å². The quantitative estimate of drug-likeness (QED) is 0.260. The second-order valence-corrected chi connectivity index (χ2v) is 23.6. The number of amides is 1. The van der Waals surface area contributed by atoms with Crippen LogP contribution in [0, 0.1) is 68.0 Å². The number of hydrogen-bond donors (Lipinski definition) is 1. The molecule has 330 valence electrons. The average molecular weight is 826 g/mol. The van der Waals surface area contributed by atoms with Crippen molar-refractivity contribution in [3.63, 3.8) is 0 Å². The lowest BCUT2D eigenvalue weighted by Gasteiger charge is -2.72. The van der Waals surface area contributed by atoms with E-state index >= 15 is 4.79 Å². The van der Waals surface area contributed by atoms with E-state index < -0.39 is 16.4 Å². The van der Waals surface area contributed by atoms with E-state index in [-0.39, 0.29) is 94.1 Å². The lowest BCUT2D eigenvalue weighted by Crippen LogP contribution is -2.66. The summed E-state index contributed by atoms with van der Waals surface area (Å²) < 4.78 is 12.3. The highest BCUT2D eigenvalue weighted by atomic mass is 16.5. The molecular formula is C52H75NO7. The minimum Gasteiger partial charge on any atom is -0.462 e. The number of hydrogen-bond acceptors (Lipinski definition) is 7. The summed E-state index contributed by atoms with van der Waals surface area (Å²) in [6.45, 7) is 25.1. The summed E-state index contributed by atoms with van der Waals surface area (Å²) >= 11 is 0. The number of ketones is 1. The lowest BCUT2D eigenvalue weighted by molar-refractivity contribution is -0.236. The molecule has 1 N–H and O–H groups in total. The van der Waals surface area contributed by atoms with E-state index in [9.17, 15) is 19.5 Å². The van der Waals surface area contributed by atoms with Crippen LogP contribution in [0.5, 0.6) is 0 Å². The Kier molecular flexibility index (Phi) is 10.6. The molecule has 0 bridgehead atoms. The van der Waals surface area contributed by atoms with Gasteiger partial charge in [0.15, 0.2) is 5.78 Å². The summed E-state index contributed by atoms with van der Waals surface area (Å²) in [4.78, 5) is 58.5. The minimum atomic E-state index is -1.00. The molecular weight excluding hydrogens is 751 g/mol. The fraction of sp³-hybridized carbons (Fsp3) is 0.769. The summed E-state index contributed by atoms with van der Waals surface area (Å²) in [6.07, 6.45) is 9.81. The Morgan fingerprint density at radius 1 is 0.817 bits per heavy atom. The van der Waals surface area contributed by atoms with Crippen LogP contribution >= 0.6 is 0 Å². The molecule has 8 nitrogen and oxygen atoms in total. The summed E-state index contributed by atoms with van der Waals surface area (Å²) in [7, 11) is 0. The van der Waals surface area contributed by atoms with Crippen LogP contribution in [0.15, 0.2) is 41.5 Å². The van der Waals surface area contributed by atoms with Crippen LogP contribution in [-0.4, -0.2) is 57.9 Å². The highest BCUT2D eigenvalue weighted by Gasteiger charge is 2.72. The second-order valence-electron chi connectivity index (χ2n) is 23.6. The summed E-state index contributed by atoms with van der Waals surface area (Å²) in [5.74, 6) is 0.222. The van der Waals surface area contributed by atoms with Crippen LogP contribution in [-0.2, 0) is 35.3 Å². The van der Waals surface area contributed by atoms with Crippen molar-refractivity contribution in [2.75, 3.05) is 6.54 Å². The first-order chi connectivity index (χ1) is 27.9.